The molecule has 0 aromatic carbocycles. The number of carbonyl (C=O) groups is 1. The van der Waals surface area contributed by atoms with Crippen LogP contribution in [-0.2, 0) is 9.53 Å². The summed E-state index contributed by atoms with van der Waals surface area (Å²) in [5.41, 5.74) is 0.820. The minimum atomic E-state index is 0.0537. The monoisotopic (exact) mass is 252 g/mol. The molecule has 102 valence electrons. The van der Waals surface area contributed by atoms with Crippen molar-refractivity contribution in [2.24, 2.45) is 0 Å². The number of hydrogen-bond acceptors (Lipinski definition) is 3. The van der Waals surface area contributed by atoms with Gasteiger partial charge >= 0.3 is 0 Å². The van der Waals surface area contributed by atoms with E-state index in [1.54, 1.807) is 0 Å². The van der Waals surface area contributed by atoms with Crippen LogP contribution in [0.5, 0.6) is 0 Å². The number of ether oxygens (including phenoxy) is 1. The number of hydrogen-bond donors (Lipinski definition) is 1. The molecule has 0 saturated carbocycles. The van der Waals surface area contributed by atoms with E-state index >= 15 is 0 Å². The number of rotatable bonds is 7. The summed E-state index contributed by atoms with van der Waals surface area (Å²) in [7, 11) is 0. The molecule has 0 heterocycles. The molecule has 1 rings (SSSR count). The first-order valence-corrected chi connectivity index (χ1v) is 6.78. The number of unbranched alkanes of at least 4 members (excludes halogenated alkanes) is 1. The second-order valence-electron chi connectivity index (χ2n) is 4.77. The van der Waals surface area contributed by atoms with Crippen LogP contribution in [0.25, 0.3) is 0 Å². The Kier molecular flexibility index (Phi) is 6.91. The molecular formula is C15H24O3. The Bertz CT molecular complexity index is 318. The second kappa shape index (κ2) is 8.22. The molecule has 0 bridgehead atoms. The van der Waals surface area contributed by atoms with Gasteiger partial charge in [0.2, 0.25) is 0 Å². The average molecular weight is 252 g/mol. The van der Waals surface area contributed by atoms with Crippen LogP contribution in [0.3, 0.4) is 0 Å². The van der Waals surface area contributed by atoms with Gasteiger partial charge in [0.05, 0.1) is 12.2 Å². The fourth-order valence-corrected chi connectivity index (χ4v) is 2.14. The number of Topliss-reactive ketones (excluding diaryl/α,β-unsaturated/α-hetero) is 1. The highest BCUT2D eigenvalue weighted by Crippen LogP contribution is 2.20. The van der Waals surface area contributed by atoms with Gasteiger partial charge in [-0.2, -0.15) is 0 Å². The molecule has 0 aromatic heterocycles. The standard InChI is InChI=1S/C15H24O3/c1-3-6-13(7-4-5-10-16)18-14-8-9-15(17)12(2)11-14/h3,6,11,13-14,16H,4-5,7-10H2,1-2H3/b6-3+. The van der Waals surface area contributed by atoms with Crippen LogP contribution >= 0.6 is 0 Å². The summed E-state index contributed by atoms with van der Waals surface area (Å²) in [6.45, 7) is 4.07. The van der Waals surface area contributed by atoms with Crippen molar-refractivity contribution in [2.45, 2.75) is 58.2 Å². The molecule has 1 aliphatic rings. The third-order valence-electron chi connectivity index (χ3n) is 3.19. The van der Waals surface area contributed by atoms with Crippen molar-refractivity contribution in [3.8, 4) is 0 Å². The molecule has 3 heteroatoms. The maximum absolute atomic E-state index is 11.4. The van der Waals surface area contributed by atoms with Crippen molar-refractivity contribution in [1.29, 1.82) is 0 Å². The zero-order valence-corrected chi connectivity index (χ0v) is 11.4. The van der Waals surface area contributed by atoms with Crippen LogP contribution in [0.15, 0.2) is 23.8 Å². The van der Waals surface area contributed by atoms with E-state index in [2.05, 4.69) is 6.08 Å². The van der Waals surface area contributed by atoms with Crippen LogP contribution in [0.4, 0.5) is 0 Å². The van der Waals surface area contributed by atoms with Crippen molar-refractivity contribution in [3.05, 3.63) is 23.8 Å². The smallest absolute Gasteiger partial charge is 0.158 e. The van der Waals surface area contributed by atoms with E-state index < -0.39 is 0 Å². The minimum absolute atomic E-state index is 0.0537. The van der Waals surface area contributed by atoms with E-state index in [9.17, 15) is 4.79 Å². The van der Waals surface area contributed by atoms with Crippen LogP contribution < -0.4 is 0 Å². The molecular weight excluding hydrogens is 228 g/mol. The Morgan fingerprint density at radius 3 is 2.94 bits per heavy atom. The van der Waals surface area contributed by atoms with Gasteiger partial charge in [0, 0.05) is 13.0 Å². The highest BCUT2D eigenvalue weighted by atomic mass is 16.5. The van der Waals surface area contributed by atoms with Gasteiger partial charge in [-0.05, 0) is 51.2 Å². The van der Waals surface area contributed by atoms with E-state index in [-0.39, 0.29) is 24.6 Å². The highest BCUT2D eigenvalue weighted by molar-refractivity contribution is 5.95. The molecule has 0 aliphatic heterocycles. The summed E-state index contributed by atoms with van der Waals surface area (Å²) in [6.07, 6.45) is 10.2. The lowest BCUT2D eigenvalue weighted by molar-refractivity contribution is -0.117. The Labute approximate surface area is 110 Å². The predicted octanol–water partition coefficient (Wildman–Crippen LogP) is 2.79. The van der Waals surface area contributed by atoms with Crippen LogP contribution in [0, 0.1) is 0 Å². The van der Waals surface area contributed by atoms with Crippen molar-refractivity contribution in [3.63, 3.8) is 0 Å². The second-order valence-corrected chi connectivity index (χ2v) is 4.77. The minimum Gasteiger partial charge on any atom is -0.396 e. The van der Waals surface area contributed by atoms with Gasteiger partial charge < -0.3 is 9.84 Å². The first-order chi connectivity index (χ1) is 8.67. The predicted molar refractivity (Wildman–Crippen MR) is 72.4 cm³/mol. The average Bonchev–Trinajstić information content (AvgIpc) is 2.34. The zero-order valence-electron chi connectivity index (χ0n) is 11.4. The fraction of sp³-hybridized carbons (Fsp3) is 0.667. The number of allylic oxidation sites excluding steroid dienone is 2. The fourth-order valence-electron chi connectivity index (χ4n) is 2.14. The van der Waals surface area contributed by atoms with Crippen molar-refractivity contribution >= 4 is 5.78 Å². The first kappa shape index (κ1) is 15.1. The van der Waals surface area contributed by atoms with Gasteiger partial charge in [0.15, 0.2) is 5.78 Å². The first-order valence-electron chi connectivity index (χ1n) is 6.78. The number of carbonyl (C=O) groups excluding carboxylic acids is 1. The summed E-state index contributed by atoms with van der Waals surface area (Å²) >= 11 is 0. The molecule has 0 saturated heterocycles. The topological polar surface area (TPSA) is 46.5 Å². The molecule has 0 radical (unpaired) electrons. The quantitative estimate of drug-likeness (QED) is 0.560. The molecule has 18 heavy (non-hydrogen) atoms. The van der Waals surface area contributed by atoms with Crippen LogP contribution in [-0.4, -0.2) is 29.7 Å². The van der Waals surface area contributed by atoms with E-state index in [0.717, 1.165) is 31.3 Å². The Morgan fingerprint density at radius 1 is 1.56 bits per heavy atom. The molecule has 0 aromatic rings. The number of ketones is 1. The molecule has 3 nitrogen and oxygen atoms in total. The van der Waals surface area contributed by atoms with Gasteiger partial charge in [-0.25, -0.2) is 0 Å². The van der Waals surface area contributed by atoms with Gasteiger partial charge in [0.25, 0.3) is 0 Å². The number of aliphatic hydroxyl groups excluding tert-OH is 1. The lowest BCUT2D eigenvalue weighted by atomic mass is 9.97. The highest BCUT2D eigenvalue weighted by Gasteiger charge is 2.20. The summed E-state index contributed by atoms with van der Waals surface area (Å²) in [5.74, 6) is 0.234. The largest absolute Gasteiger partial charge is 0.396 e. The summed E-state index contributed by atoms with van der Waals surface area (Å²) in [5, 5.41) is 8.79. The van der Waals surface area contributed by atoms with Gasteiger partial charge in [-0.3, -0.25) is 4.79 Å². The summed E-state index contributed by atoms with van der Waals surface area (Å²) < 4.78 is 6.00. The lowest BCUT2D eigenvalue weighted by Crippen LogP contribution is -2.24. The van der Waals surface area contributed by atoms with Crippen molar-refractivity contribution < 1.29 is 14.6 Å². The number of aliphatic hydroxyl groups is 1. The molecule has 1 N–H and O–H groups in total. The molecule has 2 unspecified atom stereocenters. The third kappa shape index (κ3) is 5.15. The van der Waals surface area contributed by atoms with E-state index in [1.807, 2.05) is 26.0 Å². The lowest BCUT2D eigenvalue weighted by Gasteiger charge is -2.24. The van der Waals surface area contributed by atoms with E-state index in [0.29, 0.717) is 6.42 Å². The Morgan fingerprint density at radius 2 is 2.33 bits per heavy atom. The van der Waals surface area contributed by atoms with Crippen LogP contribution in [0.1, 0.15) is 46.0 Å². The van der Waals surface area contributed by atoms with Gasteiger partial charge in [-0.1, -0.05) is 12.2 Å². The maximum Gasteiger partial charge on any atom is 0.158 e. The summed E-state index contributed by atoms with van der Waals surface area (Å²) in [4.78, 5) is 11.4. The van der Waals surface area contributed by atoms with Crippen LogP contribution in [0.2, 0.25) is 0 Å². The Hall–Kier alpha value is -0.930. The normalized spacial score (nSPS) is 22.3. The van der Waals surface area contributed by atoms with Crippen molar-refractivity contribution in [2.75, 3.05) is 6.61 Å². The van der Waals surface area contributed by atoms with Crippen molar-refractivity contribution in [1.82, 2.24) is 0 Å². The molecule has 2 atom stereocenters. The maximum atomic E-state index is 11.4. The van der Waals surface area contributed by atoms with Gasteiger partial charge in [-0.15, -0.1) is 0 Å². The SMILES string of the molecule is C/C=C/C(CCCCO)OC1C=C(C)C(=O)CC1. The third-order valence-corrected chi connectivity index (χ3v) is 3.19. The zero-order chi connectivity index (χ0) is 13.4. The molecule has 0 amide bonds. The van der Waals surface area contributed by atoms with E-state index in [4.69, 9.17) is 9.84 Å². The van der Waals surface area contributed by atoms with Gasteiger partial charge in [0.1, 0.15) is 0 Å². The Balaban J connectivity index is 2.48. The molecule has 0 spiro atoms. The molecule has 1 aliphatic carbocycles. The molecule has 0 fully saturated rings. The van der Waals surface area contributed by atoms with E-state index in [1.165, 1.54) is 0 Å². The summed E-state index contributed by atoms with van der Waals surface area (Å²) in [6, 6.07) is 0.